The van der Waals surface area contributed by atoms with Gasteiger partial charge in [-0.2, -0.15) is 13.2 Å². The number of hydrogen-bond acceptors (Lipinski definition) is 3. The van der Waals surface area contributed by atoms with Gasteiger partial charge in [0.05, 0.1) is 11.6 Å². The van der Waals surface area contributed by atoms with Crippen LogP contribution in [-0.4, -0.2) is 5.16 Å². The van der Waals surface area contributed by atoms with Crippen LogP contribution in [0.1, 0.15) is 24.3 Å². The molecule has 1 unspecified atom stereocenters. The molecule has 0 amide bonds. The largest absolute Gasteiger partial charge is 0.417 e. The third-order valence-electron chi connectivity index (χ3n) is 2.49. The summed E-state index contributed by atoms with van der Waals surface area (Å²) in [6.45, 7) is 1.67. The summed E-state index contributed by atoms with van der Waals surface area (Å²) in [7, 11) is 0. The van der Waals surface area contributed by atoms with Crippen LogP contribution in [0, 0.1) is 0 Å². The van der Waals surface area contributed by atoms with Crippen molar-refractivity contribution in [1.82, 2.24) is 5.16 Å². The molecule has 6 heteroatoms. The van der Waals surface area contributed by atoms with E-state index >= 15 is 0 Å². The highest BCUT2D eigenvalue weighted by Crippen LogP contribution is 2.36. The lowest BCUT2D eigenvalue weighted by Gasteiger charge is -2.10. The summed E-state index contributed by atoms with van der Waals surface area (Å²) in [6.07, 6.45) is -4.43. The van der Waals surface area contributed by atoms with Crippen LogP contribution >= 0.6 is 0 Å². The zero-order valence-corrected chi connectivity index (χ0v) is 9.53. The van der Waals surface area contributed by atoms with Crippen molar-refractivity contribution < 1.29 is 17.7 Å². The second-order valence-corrected chi connectivity index (χ2v) is 3.95. The lowest BCUT2D eigenvalue weighted by molar-refractivity contribution is -0.137. The highest BCUT2D eigenvalue weighted by molar-refractivity contribution is 5.64. The fourth-order valence-electron chi connectivity index (χ4n) is 1.58. The van der Waals surface area contributed by atoms with Gasteiger partial charge in [0.15, 0.2) is 5.76 Å². The number of aromatic nitrogens is 1. The molecule has 1 atom stereocenters. The van der Waals surface area contributed by atoms with Gasteiger partial charge in [0.2, 0.25) is 0 Å². The number of benzene rings is 1. The summed E-state index contributed by atoms with van der Waals surface area (Å²) in [4.78, 5) is 0. The van der Waals surface area contributed by atoms with Gasteiger partial charge in [-0.1, -0.05) is 23.4 Å². The number of rotatable bonds is 2. The number of nitrogens with zero attached hydrogens (tertiary/aromatic N) is 1. The smallest absolute Gasteiger partial charge is 0.359 e. The first kappa shape index (κ1) is 12.6. The topological polar surface area (TPSA) is 52.0 Å². The molecule has 2 aromatic rings. The monoisotopic (exact) mass is 256 g/mol. The van der Waals surface area contributed by atoms with Gasteiger partial charge in [-0.25, -0.2) is 0 Å². The van der Waals surface area contributed by atoms with Crippen molar-refractivity contribution in [3.63, 3.8) is 0 Å². The molecule has 0 spiro atoms. The number of alkyl halides is 3. The Balaban J connectivity index is 2.50. The van der Waals surface area contributed by atoms with Gasteiger partial charge in [-0.15, -0.1) is 0 Å². The molecule has 0 aliphatic carbocycles. The van der Waals surface area contributed by atoms with E-state index in [-0.39, 0.29) is 11.3 Å². The Kier molecular flexibility index (Phi) is 3.13. The molecule has 1 heterocycles. The number of nitrogens with two attached hydrogens (primary N) is 1. The van der Waals surface area contributed by atoms with Crippen LogP contribution in [0.4, 0.5) is 13.2 Å². The standard InChI is InChI=1S/C12H11F3N2O/c1-7(16)11-6-10(17-18-11)8-4-2-3-5-9(8)12(13,14)15/h2-7H,16H2,1H3. The number of halogens is 3. The minimum absolute atomic E-state index is 0.0133. The summed E-state index contributed by atoms with van der Waals surface area (Å²) >= 11 is 0. The molecule has 2 rings (SSSR count). The second kappa shape index (κ2) is 4.45. The van der Waals surface area contributed by atoms with Crippen molar-refractivity contribution >= 4 is 0 Å². The fraction of sp³-hybridized carbons (Fsp3) is 0.250. The van der Waals surface area contributed by atoms with Gasteiger partial charge >= 0.3 is 6.18 Å². The Morgan fingerprint density at radius 2 is 1.94 bits per heavy atom. The molecule has 1 aromatic carbocycles. The van der Waals surface area contributed by atoms with Gasteiger partial charge in [-0.3, -0.25) is 0 Å². The first-order chi connectivity index (χ1) is 8.39. The Morgan fingerprint density at radius 1 is 1.28 bits per heavy atom. The third-order valence-corrected chi connectivity index (χ3v) is 2.49. The highest BCUT2D eigenvalue weighted by Gasteiger charge is 2.34. The molecule has 1 aromatic heterocycles. The molecule has 0 radical (unpaired) electrons. The molecule has 0 bridgehead atoms. The van der Waals surface area contributed by atoms with E-state index in [0.29, 0.717) is 5.76 Å². The van der Waals surface area contributed by atoms with E-state index in [9.17, 15) is 13.2 Å². The SMILES string of the molecule is CC(N)c1cc(-c2ccccc2C(F)(F)F)no1. The van der Waals surface area contributed by atoms with E-state index in [1.165, 1.54) is 24.3 Å². The molecule has 96 valence electrons. The van der Waals surface area contributed by atoms with E-state index < -0.39 is 17.8 Å². The highest BCUT2D eigenvalue weighted by atomic mass is 19.4. The minimum Gasteiger partial charge on any atom is -0.359 e. The van der Waals surface area contributed by atoms with E-state index in [0.717, 1.165) is 6.07 Å². The average molecular weight is 256 g/mol. The van der Waals surface area contributed by atoms with E-state index in [1.54, 1.807) is 6.92 Å². The van der Waals surface area contributed by atoms with Crippen molar-refractivity contribution in [2.75, 3.05) is 0 Å². The van der Waals surface area contributed by atoms with Gasteiger partial charge in [0.1, 0.15) is 5.69 Å². The van der Waals surface area contributed by atoms with Crippen LogP contribution in [0.25, 0.3) is 11.3 Å². The maximum atomic E-state index is 12.8. The van der Waals surface area contributed by atoms with Crippen molar-refractivity contribution in [2.45, 2.75) is 19.1 Å². The van der Waals surface area contributed by atoms with Gasteiger partial charge in [0.25, 0.3) is 0 Å². The molecule has 0 aliphatic rings. The molecule has 0 saturated heterocycles. The van der Waals surface area contributed by atoms with Crippen LogP contribution in [0.5, 0.6) is 0 Å². The minimum atomic E-state index is -4.43. The van der Waals surface area contributed by atoms with Crippen molar-refractivity contribution in [3.8, 4) is 11.3 Å². The molecule has 0 aliphatic heterocycles. The lowest BCUT2D eigenvalue weighted by Crippen LogP contribution is -2.07. The first-order valence-corrected chi connectivity index (χ1v) is 5.28. The maximum absolute atomic E-state index is 12.8. The average Bonchev–Trinajstić information content (AvgIpc) is 2.77. The molecule has 2 N–H and O–H groups in total. The van der Waals surface area contributed by atoms with E-state index in [2.05, 4.69) is 5.16 Å². The normalized spacial score (nSPS) is 13.6. The third kappa shape index (κ3) is 2.38. The summed E-state index contributed by atoms with van der Waals surface area (Å²) in [5.74, 6) is 0.349. The van der Waals surface area contributed by atoms with Crippen LogP contribution < -0.4 is 5.73 Å². The van der Waals surface area contributed by atoms with E-state index in [1.807, 2.05) is 0 Å². The molecule has 0 fully saturated rings. The van der Waals surface area contributed by atoms with Crippen LogP contribution in [0.15, 0.2) is 34.9 Å². The first-order valence-electron chi connectivity index (χ1n) is 5.28. The zero-order chi connectivity index (χ0) is 13.3. The summed E-state index contributed by atoms with van der Waals surface area (Å²) in [6, 6.07) is 6.23. The van der Waals surface area contributed by atoms with Gasteiger partial charge in [0, 0.05) is 11.6 Å². The Labute approximate surface area is 101 Å². The van der Waals surface area contributed by atoms with Crippen molar-refractivity contribution in [2.24, 2.45) is 5.73 Å². The van der Waals surface area contributed by atoms with Gasteiger partial charge < -0.3 is 10.3 Å². The Bertz CT molecular complexity index is 546. The molecule has 0 saturated carbocycles. The number of hydrogen-bond donors (Lipinski definition) is 1. The fourth-order valence-corrected chi connectivity index (χ4v) is 1.58. The quantitative estimate of drug-likeness (QED) is 0.896. The molecule has 3 nitrogen and oxygen atoms in total. The van der Waals surface area contributed by atoms with Crippen molar-refractivity contribution in [1.29, 1.82) is 0 Å². The lowest BCUT2D eigenvalue weighted by atomic mass is 10.0. The van der Waals surface area contributed by atoms with Crippen LogP contribution in [0.2, 0.25) is 0 Å². The van der Waals surface area contributed by atoms with Gasteiger partial charge in [-0.05, 0) is 13.0 Å². The van der Waals surface area contributed by atoms with Crippen LogP contribution in [-0.2, 0) is 6.18 Å². The summed E-state index contributed by atoms with van der Waals surface area (Å²) in [5.41, 5.74) is 4.95. The van der Waals surface area contributed by atoms with Crippen molar-refractivity contribution in [3.05, 3.63) is 41.7 Å². The molecule has 18 heavy (non-hydrogen) atoms. The summed E-state index contributed by atoms with van der Waals surface area (Å²) in [5, 5.41) is 3.63. The van der Waals surface area contributed by atoms with E-state index in [4.69, 9.17) is 10.3 Å². The molecular weight excluding hydrogens is 245 g/mol. The predicted molar refractivity (Wildman–Crippen MR) is 59.5 cm³/mol. The maximum Gasteiger partial charge on any atom is 0.417 e. The zero-order valence-electron chi connectivity index (χ0n) is 9.53. The van der Waals surface area contributed by atoms with Crippen LogP contribution in [0.3, 0.4) is 0 Å². The Morgan fingerprint density at radius 3 is 2.50 bits per heavy atom. The summed E-state index contributed by atoms with van der Waals surface area (Å²) < 4.78 is 43.4. The molecular formula is C12H11F3N2O. The second-order valence-electron chi connectivity index (χ2n) is 3.95. The predicted octanol–water partition coefficient (Wildman–Crippen LogP) is 3.38. The Hall–Kier alpha value is -1.82.